The monoisotopic (exact) mass is 402 g/mol. The van der Waals surface area contributed by atoms with Gasteiger partial charge < -0.3 is 10.2 Å². The molecule has 1 N–H and O–H groups in total. The molecular formula is C25H23FN2O2. The quantitative estimate of drug-likeness (QED) is 0.672. The smallest absolute Gasteiger partial charge is 0.258 e. The van der Waals surface area contributed by atoms with Crippen molar-refractivity contribution in [2.45, 2.75) is 25.7 Å². The van der Waals surface area contributed by atoms with Gasteiger partial charge >= 0.3 is 0 Å². The van der Waals surface area contributed by atoms with Crippen LogP contribution < -0.4 is 10.2 Å². The van der Waals surface area contributed by atoms with Crippen LogP contribution in [0.5, 0.6) is 0 Å². The minimum Gasteiger partial charge on any atom is -0.325 e. The van der Waals surface area contributed by atoms with E-state index in [1.807, 2.05) is 24.3 Å². The lowest BCUT2D eigenvalue weighted by atomic mass is 9.83. The van der Waals surface area contributed by atoms with Crippen LogP contribution in [0, 0.1) is 5.82 Å². The van der Waals surface area contributed by atoms with Crippen LogP contribution in [0.25, 0.3) is 0 Å². The molecule has 2 amide bonds. The summed E-state index contributed by atoms with van der Waals surface area (Å²) in [6.45, 7) is 4.25. The number of rotatable bonds is 4. The van der Waals surface area contributed by atoms with E-state index in [4.69, 9.17) is 0 Å². The zero-order valence-corrected chi connectivity index (χ0v) is 17.0. The average molecular weight is 402 g/mol. The number of benzene rings is 3. The van der Waals surface area contributed by atoms with Gasteiger partial charge in [0.1, 0.15) is 5.82 Å². The standard InChI is InChI=1S/C25H23FN2O2/c1-25(2,19-9-11-20(26)12-10-19)24(30)27-21-13-7-18(8-14-21)23(29)28-16-15-17-5-3-4-6-22(17)28/h3-14H,15-16H2,1-2H3,(H,27,30). The topological polar surface area (TPSA) is 49.4 Å². The van der Waals surface area contributed by atoms with Crippen LogP contribution in [0.3, 0.4) is 0 Å². The molecule has 0 aliphatic carbocycles. The summed E-state index contributed by atoms with van der Waals surface area (Å²) in [6, 6.07) is 20.8. The SMILES string of the molecule is CC(C)(C(=O)Nc1ccc(C(=O)N2CCc3ccccc32)cc1)c1ccc(F)cc1. The van der Waals surface area contributed by atoms with E-state index in [9.17, 15) is 14.0 Å². The Balaban J connectivity index is 1.47. The van der Waals surface area contributed by atoms with Crippen molar-refractivity contribution in [2.24, 2.45) is 0 Å². The van der Waals surface area contributed by atoms with Gasteiger partial charge in [-0.15, -0.1) is 0 Å². The number of amides is 2. The highest BCUT2D eigenvalue weighted by Crippen LogP contribution is 2.29. The maximum absolute atomic E-state index is 13.2. The van der Waals surface area contributed by atoms with E-state index in [2.05, 4.69) is 5.32 Å². The van der Waals surface area contributed by atoms with Gasteiger partial charge in [-0.2, -0.15) is 0 Å². The number of nitrogens with one attached hydrogen (secondary N) is 1. The summed E-state index contributed by atoms with van der Waals surface area (Å²) in [7, 11) is 0. The van der Waals surface area contributed by atoms with E-state index >= 15 is 0 Å². The molecule has 4 rings (SSSR count). The van der Waals surface area contributed by atoms with Crippen LogP contribution >= 0.6 is 0 Å². The first-order chi connectivity index (χ1) is 14.4. The Hall–Kier alpha value is -3.47. The molecule has 0 bridgehead atoms. The minimum atomic E-state index is -0.832. The Kier molecular flexibility index (Phi) is 5.12. The predicted molar refractivity (Wildman–Crippen MR) is 116 cm³/mol. The van der Waals surface area contributed by atoms with Gasteiger partial charge in [-0.1, -0.05) is 30.3 Å². The lowest BCUT2D eigenvalue weighted by Crippen LogP contribution is -2.34. The van der Waals surface area contributed by atoms with Gasteiger partial charge in [-0.25, -0.2) is 4.39 Å². The fourth-order valence-electron chi connectivity index (χ4n) is 3.69. The van der Waals surface area contributed by atoms with Crippen LogP contribution in [0.4, 0.5) is 15.8 Å². The third-order valence-corrected chi connectivity index (χ3v) is 5.66. The van der Waals surface area contributed by atoms with Crippen molar-refractivity contribution in [2.75, 3.05) is 16.8 Å². The van der Waals surface area contributed by atoms with Crippen molar-refractivity contribution in [3.8, 4) is 0 Å². The Morgan fingerprint density at radius 3 is 2.30 bits per heavy atom. The first kappa shape index (κ1) is 19.8. The summed E-state index contributed by atoms with van der Waals surface area (Å²) in [5, 5.41) is 2.89. The summed E-state index contributed by atoms with van der Waals surface area (Å²) >= 11 is 0. The number of para-hydroxylation sites is 1. The third-order valence-electron chi connectivity index (χ3n) is 5.66. The molecule has 5 heteroatoms. The highest BCUT2D eigenvalue weighted by molar-refractivity contribution is 6.07. The number of carbonyl (C=O) groups excluding carboxylic acids is 2. The molecule has 30 heavy (non-hydrogen) atoms. The van der Waals surface area contributed by atoms with Crippen molar-refractivity contribution < 1.29 is 14.0 Å². The normalized spacial score (nSPS) is 13.1. The molecule has 3 aromatic rings. The molecule has 0 saturated carbocycles. The second-order valence-corrected chi connectivity index (χ2v) is 8.00. The number of halogens is 1. The molecule has 4 nitrogen and oxygen atoms in total. The molecule has 0 fully saturated rings. The largest absolute Gasteiger partial charge is 0.325 e. The predicted octanol–water partition coefficient (Wildman–Crippen LogP) is 4.94. The Morgan fingerprint density at radius 2 is 1.60 bits per heavy atom. The molecule has 0 atom stereocenters. The number of carbonyl (C=O) groups is 2. The van der Waals surface area contributed by atoms with Gasteiger partial charge in [-0.05, 0) is 73.9 Å². The summed E-state index contributed by atoms with van der Waals surface area (Å²) in [4.78, 5) is 27.5. The van der Waals surface area contributed by atoms with Crippen molar-refractivity contribution in [3.63, 3.8) is 0 Å². The fraction of sp³-hybridized carbons (Fsp3) is 0.200. The molecule has 1 heterocycles. The molecule has 1 aliphatic rings. The van der Waals surface area contributed by atoms with Gasteiger partial charge in [0.15, 0.2) is 0 Å². The first-order valence-electron chi connectivity index (χ1n) is 9.93. The van der Waals surface area contributed by atoms with Crippen LogP contribution in [0.15, 0.2) is 72.8 Å². The molecule has 0 unspecified atom stereocenters. The third kappa shape index (κ3) is 3.71. The van der Waals surface area contributed by atoms with Gasteiger partial charge in [0, 0.05) is 23.5 Å². The molecule has 0 saturated heterocycles. The summed E-state index contributed by atoms with van der Waals surface area (Å²) in [5.41, 5.74) is 3.21. The van der Waals surface area contributed by atoms with Crippen LogP contribution in [0.1, 0.15) is 35.3 Å². The lowest BCUT2D eigenvalue weighted by molar-refractivity contribution is -0.120. The zero-order valence-electron chi connectivity index (χ0n) is 17.0. The molecule has 152 valence electrons. The maximum atomic E-state index is 13.2. The Morgan fingerprint density at radius 1 is 0.933 bits per heavy atom. The number of anilines is 2. The second-order valence-electron chi connectivity index (χ2n) is 8.00. The molecule has 0 spiro atoms. The van der Waals surface area contributed by atoms with E-state index in [0.717, 1.165) is 17.7 Å². The van der Waals surface area contributed by atoms with E-state index in [-0.39, 0.29) is 17.6 Å². The number of hydrogen-bond acceptors (Lipinski definition) is 2. The first-order valence-corrected chi connectivity index (χ1v) is 9.93. The summed E-state index contributed by atoms with van der Waals surface area (Å²) in [5.74, 6) is -0.595. The Bertz CT molecular complexity index is 1090. The van der Waals surface area contributed by atoms with E-state index < -0.39 is 5.41 Å². The lowest BCUT2D eigenvalue weighted by Gasteiger charge is -2.24. The minimum absolute atomic E-state index is 0.0514. The number of nitrogens with zero attached hydrogens (tertiary/aromatic N) is 1. The van der Waals surface area contributed by atoms with Gasteiger partial charge in [-0.3, -0.25) is 9.59 Å². The van der Waals surface area contributed by atoms with Crippen molar-refractivity contribution >= 4 is 23.2 Å². The Labute approximate surface area is 175 Å². The van der Waals surface area contributed by atoms with Crippen molar-refractivity contribution in [1.82, 2.24) is 0 Å². The van der Waals surface area contributed by atoms with Crippen LogP contribution in [-0.4, -0.2) is 18.4 Å². The summed E-state index contributed by atoms with van der Waals surface area (Å²) in [6.07, 6.45) is 0.856. The average Bonchev–Trinajstić information content (AvgIpc) is 3.18. The molecule has 1 aliphatic heterocycles. The molecule has 0 aromatic heterocycles. The molecule has 0 radical (unpaired) electrons. The number of fused-ring (bicyclic) bond motifs is 1. The van der Waals surface area contributed by atoms with E-state index in [1.54, 1.807) is 55.1 Å². The highest BCUT2D eigenvalue weighted by Gasteiger charge is 2.30. The van der Waals surface area contributed by atoms with E-state index in [1.165, 1.54) is 17.7 Å². The second kappa shape index (κ2) is 7.75. The van der Waals surface area contributed by atoms with Gasteiger partial charge in [0.25, 0.3) is 5.91 Å². The van der Waals surface area contributed by atoms with Gasteiger partial charge in [0.05, 0.1) is 5.41 Å². The zero-order chi connectivity index (χ0) is 21.3. The van der Waals surface area contributed by atoms with Gasteiger partial charge in [0.2, 0.25) is 5.91 Å². The fourth-order valence-corrected chi connectivity index (χ4v) is 3.69. The van der Waals surface area contributed by atoms with Crippen molar-refractivity contribution in [3.05, 3.63) is 95.3 Å². The van der Waals surface area contributed by atoms with Crippen LogP contribution in [0.2, 0.25) is 0 Å². The molecule has 3 aromatic carbocycles. The highest BCUT2D eigenvalue weighted by atomic mass is 19.1. The summed E-state index contributed by atoms with van der Waals surface area (Å²) < 4.78 is 13.2. The maximum Gasteiger partial charge on any atom is 0.258 e. The van der Waals surface area contributed by atoms with Crippen LogP contribution in [-0.2, 0) is 16.6 Å². The number of hydrogen-bond donors (Lipinski definition) is 1. The van der Waals surface area contributed by atoms with E-state index in [0.29, 0.717) is 17.8 Å². The van der Waals surface area contributed by atoms with Crippen molar-refractivity contribution in [1.29, 1.82) is 0 Å². The molecular weight excluding hydrogens is 379 g/mol.